The lowest BCUT2D eigenvalue weighted by atomic mass is 10.2. The van der Waals surface area contributed by atoms with Crippen molar-refractivity contribution in [1.29, 1.82) is 0 Å². The van der Waals surface area contributed by atoms with E-state index in [1.165, 1.54) is 6.07 Å². The van der Waals surface area contributed by atoms with Crippen LogP contribution < -0.4 is 10.6 Å². The van der Waals surface area contributed by atoms with Crippen molar-refractivity contribution >= 4 is 29.0 Å². The molecule has 0 radical (unpaired) electrons. The van der Waals surface area contributed by atoms with Crippen molar-refractivity contribution in [3.05, 3.63) is 52.8 Å². The molecule has 0 aliphatic carbocycles. The Labute approximate surface area is 123 Å². The van der Waals surface area contributed by atoms with E-state index in [2.05, 4.69) is 15.6 Å². The number of pyridine rings is 1. The van der Waals surface area contributed by atoms with Crippen LogP contribution in [0.2, 0.25) is 5.02 Å². The van der Waals surface area contributed by atoms with Gasteiger partial charge in [0.15, 0.2) is 0 Å². The lowest BCUT2D eigenvalue weighted by Crippen LogP contribution is -2.20. The molecule has 2 amide bonds. The second-order valence-corrected chi connectivity index (χ2v) is 4.48. The molecule has 0 saturated carbocycles. The molecule has 0 aliphatic heterocycles. The van der Waals surface area contributed by atoms with E-state index in [1.807, 2.05) is 0 Å². The molecule has 1 heterocycles. The molecule has 0 bridgehead atoms. The number of benzene rings is 1. The summed E-state index contributed by atoms with van der Waals surface area (Å²) in [5, 5.41) is 14.2. The maximum Gasteiger partial charge on any atom is 0.323 e. The molecule has 110 valence electrons. The third-order valence-electron chi connectivity index (χ3n) is 2.51. The maximum atomic E-state index is 12.9. The minimum Gasteiger partial charge on any atom is -0.392 e. The number of halogens is 3. The lowest BCUT2D eigenvalue weighted by Gasteiger charge is -2.11. The number of aromatic nitrogens is 1. The monoisotopic (exact) mass is 313 g/mol. The number of hydrogen-bond donors (Lipinski definition) is 3. The first-order valence-corrected chi connectivity index (χ1v) is 6.16. The van der Waals surface area contributed by atoms with Gasteiger partial charge < -0.3 is 15.7 Å². The number of aliphatic hydroxyl groups excluding tert-OH is 1. The number of nitrogens with zero attached hydrogens (tertiary/aromatic N) is 1. The van der Waals surface area contributed by atoms with Crippen molar-refractivity contribution in [2.75, 3.05) is 10.6 Å². The molecule has 0 aliphatic rings. The number of hydrogen-bond acceptors (Lipinski definition) is 3. The van der Waals surface area contributed by atoms with Gasteiger partial charge in [-0.05, 0) is 12.1 Å². The Bertz CT molecular complexity index is 662. The molecular weight excluding hydrogens is 304 g/mol. The smallest absolute Gasteiger partial charge is 0.323 e. The van der Waals surface area contributed by atoms with E-state index in [4.69, 9.17) is 16.7 Å². The Morgan fingerprint density at radius 3 is 2.48 bits per heavy atom. The average molecular weight is 314 g/mol. The van der Waals surface area contributed by atoms with E-state index in [0.29, 0.717) is 10.6 Å². The summed E-state index contributed by atoms with van der Waals surface area (Å²) in [6.07, 6.45) is 0. The number of anilines is 2. The number of rotatable bonds is 3. The molecular formula is C13H10ClF2N3O2. The molecule has 21 heavy (non-hydrogen) atoms. The highest BCUT2D eigenvalue weighted by Crippen LogP contribution is 2.21. The van der Waals surface area contributed by atoms with E-state index >= 15 is 0 Å². The Hall–Kier alpha value is -2.25. The normalized spacial score (nSPS) is 10.3. The number of urea groups is 1. The second-order valence-electron chi connectivity index (χ2n) is 4.04. The zero-order valence-electron chi connectivity index (χ0n) is 10.5. The standard InChI is InChI=1S/C13H10ClF2N3O2/c14-8-2-1-7(6-20)10(3-8)18-13(21)17-9-4-11(15)19-12(16)5-9/h1-5,20H,6H2,(H2,17,18,19,21). The highest BCUT2D eigenvalue weighted by Gasteiger charge is 2.09. The Morgan fingerprint density at radius 2 is 1.86 bits per heavy atom. The van der Waals surface area contributed by atoms with Crippen molar-refractivity contribution in [3.63, 3.8) is 0 Å². The van der Waals surface area contributed by atoms with Crippen molar-refractivity contribution < 1.29 is 18.7 Å². The summed E-state index contributed by atoms with van der Waals surface area (Å²) in [6, 6.07) is 5.55. The fourth-order valence-corrected chi connectivity index (χ4v) is 1.80. The van der Waals surface area contributed by atoms with Gasteiger partial charge in [0.2, 0.25) is 11.9 Å². The van der Waals surface area contributed by atoms with Gasteiger partial charge in [0.05, 0.1) is 12.3 Å². The zero-order valence-corrected chi connectivity index (χ0v) is 11.3. The van der Waals surface area contributed by atoms with Gasteiger partial charge in [-0.15, -0.1) is 0 Å². The van der Waals surface area contributed by atoms with E-state index in [9.17, 15) is 13.6 Å². The van der Waals surface area contributed by atoms with Gasteiger partial charge in [-0.1, -0.05) is 17.7 Å². The van der Waals surface area contributed by atoms with Crippen LogP contribution in [0.1, 0.15) is 5.56 Å². The maximum absolute atomic E-state index is 12.9. The summed E-state index contributed by atoms with van der Waals surface area (Å²) >= 11 is 5.80. The third kappa shape index (κ3) is 4.11. The predicted molar refractivity (Wildman–Crippen MR) is 74.2 cm³/mol. The first-order chi connectivity index (χ1) is 9.97. The van der Waals surface area contributed by atoms with Crippen LogP contribution in [-0.2, 0) is 6.61 Å². The number of carbonyl (C=O) groups excluding carboxylic acids is 1. The quantitative estimate of drug-likeness (QED) is 0.762. The minimum absolute atomic E-state index is 0.0925. The molecule has 2 rings (SSSR count). The van der Waals surface area contributed by atoms with E-state index in [1.54, 1.807) is 12.1 Å². The fraction of sp³-hybridized carbons (Fsp3) is 0.0769. The van der Waals surface area contributed by atoms with Gasteiger partial charge in [-0.3, -0.25) is 0 Å². The van der Waals surface area contributed by atoms with Gasteiger partial charge >= 0.3 is 6.03 Å². The summed E-state index contributed by atoms with van der Waals surface area (Å²) < 4.78 is 25.8. The molecule has 1 aromatic carbocycles. The van der Waals surface area contributed by atoms with Crippen molar-refractivity contribution in [3.8, 4) is 0 Å². The molecule has 8 heteroatoms. The molecule has 0 unspecified atom stereocenters. The Morgan fingerprint density at radius 1 is 1.19 bits per heavy atom. The van der Waals surface area contributed by atoms with E-state index in [0.717, 1.165) is 12.1 Å². The first-order valence-electron chi connectivity index (χ1n) is 5.78. The number of nitrogens with one attached hydrogen (secondary N) is 2. The third-order valence-corrected chi connectivity index (χ3v) is 2.75. The predicted octanol–water partition coefficient (Wildman–Crippen LogP) is 3.15. The van der Waals surface area contributed by atoms with Crippen molar-refractivity contribution in [1.82, 2.24) is 4.98 Å². The highest BCUT2D eigenvalue weighted by atomic mass is 35.5. The molecule has 0 atom stereocenters. The summed E-state index contributed by atoms with van der Waals surface area (Å²) in [4.78, 5) is 14.7. The first kappa shape index (κ1) is 15.1. The average Bonchev–Trinajstić information content (AvgIpc) is 2.37. The fourth-order valence-electron chi connectivity index (χ4n) is 1.62. The van der Waals surface area contributed by atoms with E-state index < -0.39 is 17.9 Å². The summed E-state index contributed by atoms with van der Waals surface area (Å²) in [5.41, 5.74) is 0.643. The van der Waals surface area contributed by atoms with Crippen LogP contribution in [0.25, 0.3) is 0 Å². The van der Waals surface area contributed by atoms with Gasteiger partial charge in [-0.25, -0.2) is 4.79 Å². The zero-order chi connectivity index (χ0) is 15.4. The topological polar surface area (TPSA) is 74.2 Å². The molecule has 2 aromatic rings. The molecule has 0 saturated heterocycles. The van der Waals surface area contributed by atoms with Crippen LogP contribution in [-0.4, -0.2) is 16.1 Å². The van der Waals surface area contributed by atoms with Crippen LogP contribution in [0.15, 0.2) is 30.3 Å². The molecule has 0 fully saturated rings. The van der Waals surface area contributed by atoms with Crippen LogP contribution in [0, 0.1) is 11.9 Å². The summed E-state index contributed by atoms with van der Waals surface area (Å²) in [6.45, 7) is -0.300. The van der Waals surface area contributed by atoms with E-state index in [-0.39, 0.29) is 18.0 Å². The molecule has 5 nitrogen and oxygen atoms in total. The highest BCUT2D eigenvalue weighted by molar-refractivity contribution is 6.31. The summed E-state index contributed by atoms with van der Waals surface area (Å²) in [5.74, 6) is -2.10. The van der Waals surface area contributed by atoms with Crippen LogP contribution >= 0.6 is 11.6 Å². The minimum atomic E-state index is -1.05. The van der Waals surface area contributed by atoms with Crippen molar-refractivity contribution in [2.45, 2.75) is 6.61 Å². The van der Waals surface area contributed by atoms with Crippen LogP contribution in [0.3, 0.4) is 0 Å². The molecule has 0 spiro atoms. The van der Waals surface area contributed by atoms with Gasteiger partial charge in [0.25, 0.3) is 0 Å². The molecule has 1 aromatic heterocycles. The van der Waals surface area contributed by atoms with Crippen molar-refractivity contribution in [2.24, 2.45) is 0 Å². The van der Waals surface area contributed by atoms with Gasteiger partial charge in [0.1, 0.15) is 0 Å². The number of carbonyl (C=O) groups is 1. The largest absolute Gasteiger partial charge is 0.392 e. The lowest BCUT2D eigenvalue weighted by molar-refractivity contribution is 0.262. The summed E-state index contributed by atoms with van der Waals surface area (Å²) in [7, 11) is 0. The molecule has 3 N–H and O–H groups in total. The van der Waals surface area contributed by atoms with Gasteiger partial charge in [-0.2, -0.15) is 13.8 Å². The van der Waals surface area contributed by atoms with Crippen LogP contribution in [0.5, 0.6) is 0 Å². The number of amides is 2. The second kappa shape index (κ2) is 6.47. The Kier molecular flexibility index (Phi) is 4.66. The Balaban J connectivity index is 2.13. The SMILES string of the molecule is O=C(Nc1cc(F)nc(F)c1)Nc1cc(Cl)ccc1CO. The number of aliphatic hydroxyl groups is 1. The van der Waals surface area contributed by atoms with Crippen LogP contribution in [0.4, 0.5) is 25.0 Å². The van der Waals surface area contributed by atoms with Gasteiger partial charge in [0, 0.05) is 28.4 Å².